The fourth-order valence-corrected chi connectivity index (χ4v) is 3.46. The van der Waals surface area contributed by atoms with E-state index in [2.05, 4.69) is 20.5 Å². The van der Waals surface area contributed by atoms with Gasteiger partial charge >= 0.3 is 0 Å². The average Bonchev–Trinajstić information content (AvgIpc) is 3.20. The molecule has 2 aromatic heterocycles. The first-order chi connectivity index (χ1) is 12.1. The van der Waals surface area contributed by atoms with Crippen LogP contribution in [-0.2, 0) is 17.2 Å². The Kier molecular flexibility index (Phi) is 5.67. The number of aromatic nitrogens is 3. The first-order valence-corrected chi connectivity index (χ1v) is 9.31. The Morgan fingerprint density at radius 2 is 2.28 bits per heavy atom. The average molecular weight is 376 g/mol. The van der Waals surface area contributed by atoms with Crippen LogP contribution in [0.4, 0.5) is 5.13 Å². The Balaban J connectivity index is 1.50. The minimum Gasteiger partial charge on any atom is -0.484 e. The van der Waals surface area contributed by atoms with Crippen LogP contribution in [0.25, 0.3) is 0 Å². The SMILES string of the molecule is CC(=O)Nc1nc(CSc2nnc(COc3cccc(C)c3)o2)cs1. The molecule has 9 heteroatoms. The number of nitrogens with zero attached hydrogens (tertiary/aromatic N) is 3. The second-order valence-electron chi connectivity index (χ2n) is 5.18. The molecular weight excluding hydrogens is 360 g/mol. The van der Waals surface area contributed by atoms with Gasteiger partial charge in [0.2, 0.25) is 5.91 Å². The van der Waals surface area contributed by atoms with Crippen LogP contribution >= 0.6 is 23.1 Å². The van der Waals surface area contributed by atoms with Crippen LogP contribution in [0.15, 0.2) is 39.3 Å². The van der Waals surface area contributed by atoms with Gasteiger partial charge in [0, 0.05) is 18.1 Å². The summed E-state index contributed by atoms with van der Waals surface area (Å²) in [5.41, 5.74) is 1.97. The molecule has 3 aromatic rings. The summed E-state index contributed by atoms with van der Waals surface area (Å²) >= 11 is 2.77. The number of hydrogen-bond acceptors (Lipinski definition) is 8. The van der Waals surface area contributed by atoms with Gasteiger partial charge in [0.25, 0.3) is 11.1 Å². The molecule has 0 atom stereocenters. The summed E-state index contributed by atoms with van der Waals surface area (Å²) in [6, 6.07) is 7.77. The molecule has 0 bridgehead atoms. The van der Waals surface area contributed by atoms with E-state index in [0.717, 1.165) is 17.0 Å². The van der Waals surface area contributed by atoms with Crippen molar-refractivity contribution in [2.45, 2.75) is 31.4 Å². The van der Waals surface area contributed by atoms with Crippen molar-refractivity contribution in [1.29, 1.82) is 0 Å². The minimum atomic E-state index is -0.135. The molecule has 0 saturated carbocycles. The molecule has 1 aromatic carbocycles. The van der Waals surface area contributed by atoms with E-state index in [1.54, 1.807) is 0 Å². The van der Waals surface area contributed by atoms with Gasteiger partial charge in [-0.25, -0.2) is 4.98 Å². The molecule has 0 aliphatic heterocycles. The van der Waals surface area contributed by atoms with Crippen LogP contribution in [-0.4, -0.2) is 21.1 Å². The molecule has 25 heavy (non-hydrogen) atoms. The number of nitrogens with one attached hydrogen (secondary N) is 1. The molecule has 0 spiro atoms. The van der Waals surface area contributed by atoms with Gasteiger partial charge in [-0.2, -0.15) is 0 Å². The Morgan fingerprint density at radius 1 is 1.40 bits per heavy atom. The van der Waals surface area contributed by atoms with Gasteiger partial charge in [-0.3, -0.25) is 4.79 Å². The monoisotopic (exact) mass is 376 g/mol. The van der Waals surface area contributed by atoms with Gasteiger partial charge in [0.05, 0.1) is 5.69 Å². The molecule has 0 radical (unpaired) electrons. The van der Waals surface area contributed by atoms with Crippen LogP contribution in [0.2, 0.25) is 0 Å². The number of carbonyl (C=O) groups is 1. The molecule has 1 amide bonds. The van der Waals surface area contributed by atoms with E-state index in [9.17, 15) is 4.79 Å². The van der Waals surface area contributed by atoms with Crippen LogP contribution < -0.4 is 10.1 Å². The number of benzene rings is 1. The largest absolute Gasteiger partial charge is 0.484 e. The molecular formula is C16H16N4O3S2. The van der Waals surface area contributed by atoms with E-state index in [1.165, 1.54) is 30.0 Å². The van der Waals surface area contributed by atoms with Crippen molar-refractivity contribution >= 4 is 34.1 Å². The van der Waals surface area contributed by atoms with Gasteiger partial charge < -0.3 is 14.5 Å². The summed E-state index contributed by atoms with van der Waals surface area (Å²) < 4.78 is 11.2. The second-order valence-corrected chi connectivity index (χ2v) is 6.97. The quantitative estimate of drug-likeness (QED) is 0.629. The third kappa shape index (κ3) is 5.30. The molecule has 2 heterocycles. The molecule has 0 unspecified atom stereocenters. The summed E-state index contributed by atoms with van der Waals surface area (Å²) in [7, 11) is 0. The molecule has 130 valence electrons. The topological polar surface area (TPSA) is 90.1 Å². The number of aryl methyl sites for hydroxylation is 1. The number of anilines is 1. The van der Waals surface area contributed by atoms with Crippen molar-refractivity contribution in [3.8, 4) is 5.75 Å². The predicted molar refractivity (Wildman–Crippen MR) is 95.8 cm³/mol. The minimum absolute atomic E-state index is 0.135. The Labute approximate surface area is 152 Å². The number of rotatable bonds is 7. The van der Waals surface area contributed by atoms with Crippen molar-refractivity contribution in [3.63, 3.8) is 0 Å². The molecule has 0 aliphatic rings. The summed E-state index contributed by atoms with van der Waals surface area (Å²) in [6.45, 7) is 3.68. The van der Waals surface area contributed by atoms with Gasteiger partial charge in [-0.1, -0.05) is 23.9 Å². The van der Waals surface area contributed by atoms with Crippen molar-refractivity contribution in [2.75, 3.05) is 5.32 Å². The lowest BCUT2D eigenvalue weighted by molar-refractivity contribution is -0.114. The van der Waals surface area contributed by atoms with Crippen LogP contribution in [0.3, 0.4) is 0 Å². The van der Waals surface area contributed by atoms with Crippen molar-refractivity contribution in [2.24, 2.45) is 0 Å². The number of thioether (sulfide) groups is 1. The lowest BCUT2D eigenvalue weighted by Crippen LogP contribution is -2.05. The van der Waals surface area contributed by atoms with Crippen molar-refractivity contribution in [1.82, 2.24) is 15.2 Å². The highest BCUT2D eigenvalue weighted by Gasteiger charge is 2.10. The first-order valence-electron chi connectivity index (χ1n) is 7.45. The smallest absolute Gasteiger partial charge is 0.277 e. The number of hydrogen-bond donors (Lipinski definition) is 1. The van der Waals surface area contributed by atoms with Crippen molar-refractivity contribution in [3.05, 3.63) is 46.8 Å². The molecule has 1 N–H and O–H groups in total. The summed E-state index contributed by atoms with van der Waals surface area (Å²) in [5, 5.41) is 13.5. The maximum absolute atomic E-state index is 11.0. The van der Waals surface area contributed by atoms with Gasteiger partial charge in [0.15, 0.2) is 11.7 Å². The number of ether oxygens (including phenoxy) is 1. The summed E-state index contributed by atoms with van der Waals surface area (Å²) in [4.78, 5) is 15.3. The van der Waals surface area contributed by atoms with Crippen LogP contribution in [0, 0.1) is 6.92 Å². The van der Waals surface area contributed by atoms with Gasteiger partial charge in [0.1, 0.15) is 5.75 Å². The van der Waals surface area contributed by atoms with Crippen LogP contribution in [0.5, 0.6) is 5.75 Å². The molecule has 3 rings (SSSR count). The number of carbonyl (C=O) groups excluding carboxylic acids is 1. The third-order valence-corrected chi connectivity index (χ3v) is 4.64. The van der Waals surface area contributed by atoms with Crippen molar-refractivity contribution < 1.29 is 13.9 Å². The lowest BCUT2D eigenvalue weighted by atomic mass is 10.2. The standard InChI is InChI=1S/C16H16N4O3S2/c1-10-4-3-5-13(6-10)22-7-14-19-20-16(23-14)25-9-12-8-24-15(18-12)17-11(2)21/h3-6,8H,7,9H2,1-2H3,(H,17,18,21). The van der Waals surface area contributed by atoms with E-state index in [4.69, 9.17) is 9.15 Å². The highest BCUT2D eigenvalue weighted by molar-refractivity contribution is 7.98. The fraction of sp³-hybridized carbons (Fsp3) is 0.250. The third-order valence-electron chi connectivity index (χ3n) is 2.98. The summed E-state index contributed by atoms with van der Waals surface area (Å²) in [5.74, 6) is 1.63. The zero-order valence-electron chi connectivity index (χ0n) is 13.7. The summed E-state index contributed by atoms with van der Waals surface area (Å²) in [6.07, 6.45) is 0. The molecule has 0 aliphatic carbocycles. The van der Waals surface area contributed by atoms with E-state index in [1.807, 2.05) is 36.6 Å². The Hall–Kier alpha value is -2.39. The maximum Gasteiger partial charge on any atom is 0.277 e. The molecule has 0 fully saturated rings. The zero-order chi connectivity index (χ0) is 17.6. The lowest BCUT2D eigenvalue weighted by Gasteiger charge is -2.03. The van der Waals surface area contributed by atoms with Crippen LogP contribution in [0.1, 0.15) is 24.1 Å². The number of amides is 1. The van der Waals surface area contributed by atoms with Gasteiger partial charge in [-0.05, 0) is 24.6 Å². The van der Waals surface area contributed by atoms with E-state index in [0.29, 0.717) is 22.0 Å². The first kappa shape index (κ1) is 17.4. The second kappa shape index (κ2) is 8.13. The van der Waals surface area contributed by atoms with E-state index >= 15 is 0 Å². The molecule has 0 saturated heterocycles. The fourth-order valence-electron chi connectivity index (χ4n) is 1.92. The highest BCUT2D eigenvalue weighted by Crippen LogP contribution is 2.24. The maximum atomic E-state index is 11.0. The van der Waals surface area contributed by atoms with Gasteiger partial charge in [-0.15, -0.1) is 21.5 Å². The van der Waals surface area contributed by atoms with E-state index < -0.39 is 0 Å². The highest BCUT2D eigenvalue weighted by atomic mass is 32.2. The predicted octanol–water partition coefficient (Wildman–Crippen LogP) is 3.66. The molecule has 7 nitrogen and oxygen atoms in total. The Morgan fingerprint density at radius 3 is 3.08 bits per heavy atom. The zero-order valence-corrected chi connectivity index (χ0v) is 15.3. The normalized spacial score (nSPS) is 10.6. The Bertz CT molecular complexity index is 862. The number of thiazole rings is 1. The van der Waals surface area contributed by atoms with E-state index in [-0.39, 0.29) is 12.5 Å².